The Morgan fingerprint density at radius 3 is 2.03 bits per heavy atom. The highest BCUT2D eigenvalue weighted by Gasteiger charge is 2.45. The van der Waals surface area contributed by atoms with Gasteiger partial charge in [-0.2, -0.15) is 8.42 Å². The number of para-hydroxylation sites is 1. The van der Waals surface area contributed by atoms with Crippen LogP contribution in [-0.2, 0) is 25.3 Å². The molecule has 1 N–H and O–H groups in total. The number of carbonyl (C=O) groups is 2. The predicted molar refractivity (Wildman–Crippen MR) is 138 cm³/mol. The van der Waals surface area contributed by atoms with E-state index in [9.17, 15) is 18.0 Å². The summed E-state index contributed by atoms with van der Waals surface area (Å²) in [6, 6.07) is 12.6. The van der Waals surface area contributed by atoms with E-state index in [1.165, 1.54) is 14.0 Å². The zero-order chi connectivity index (χ0) is 26.7. The standard InChI is InChI=1S/C27H36N2O6S/c1-18(2)23-11-8-12-24(19(3)4)25(23)35-36(32,33)28-26(31)27(13-15-29(16-14-27)20(5)30)21-9-7-10-22(17-21)34-6/h7-12,17-19H,13-16H2,1-6H3,(H,28,31). The fourth-order valence-electron chi connectivity index (χ4n) is 4.69. The van der Waals surface area contributed by atoms with Crippen molar-refractivity contribution in [1.82, 2.24) is 9.62 Å². The van der Waals surface area contributed by atoms with Crippen LogP contribution in [0.3, 0.4) is 0 Å². The van der Waals surface area contributed by atoms with Gasteiger partial charge in [0.25, 0.3) is 0 Å². The molecular weight excluding hydrogens is 480 g/mol. The van der Waals surface area contributed by atoms with Gasteiger partial charge in [-0.25, -0.2) is 4.72 Å². The molecule has 9 heteroatoms. The van der Waals surface area contributed by atoms with Gasteiger partial charge in [-0.05, 0) is 53.5 Å². The van der Waals surface area contributed by atoms with E-state index in [1.807, 2.05) is 45.9 Å². The predicted octanol–water partition coefficient (Wildman–Crippen LogP) is 4.26. The number of nitrogens with one attached hydrogen (secondary N) is 1. The molecule has 8 nitrogen and oxygen atoms in total. The third-order valence-corrected chi connectivity index (χ3v) is 7.67. The number of hydrogen-bond acceptors (Lipinski definition) is 6. The maximum absolute atomic E-state index is 13.7. The van der Waals surface area contributed by atoms with Crippen molar-refractivity contribution in [1.29, 1.82) is 0 Å². The number of amides is 2. The quantitative estimate of drug-likeness (QED) is 0.563. The van der Waals surface area contributed by atoms with Gasteiger partial charge in [0, 0.05) is 20.0 Å². The maximum atomic E-state index is 13.7. The van der Waals surface area contributed by atoms with Crippen LogP contribution in [0.1, 0.15) is 76.0 Å². The van der Waals surface area contributed by atoms with E-state index in [0.29, 0.717) is 24.4 Å². The molecule has 0 saturated carbocycles. The van der Waals surface area contributed by atoms with Crippen molar-refractivity contribution in [2.45, 2.75) is 64.7 Å². The zero-order valence-electron chi connectivity index (χ0n) is 21.8. The van der Waals surface area contributed by atoms with Crippen LogP contribution in [0.4, 0.5) is 0 Å². The van der Waals surface area contributed by atoms with Crippen molar-refractivity contribution < 1.29 is 26.9 Å². The van der Waals surface area contributed by atoms with Crippen molar-refractivity contribution in [2.24, 2.45) is 0 Å². The molecule has 3 rings (SSSR count). The monoisotopic (exact) mass is 516 g/mol. The van der Waals surface area contributed by atoms with Crippen LogP contribution in [0.5, 0.6) is 11.5 Å². The highest BCUT2D eigenvalue weighted by atomic mass is 32.2. The van der Waals surface area contributed by atoms with E-state index in [4.69, 9.17) is 8.92 Å². The number of hydrogen-bond donors (Lipinski definition) is 1. The molecule has 2 aromatic rings. The second-order valence-electron chi connectivity index (χ2n) is 9.86. The SMILES string of the molecule is COc1cccc(C2(C(=O)NS(=O)(=O)Oc3c(C(C)C)cccc3C(C)C)CCN(C(C)=O)CC2)c1. The number of benzene rings is 2. The molecule has 0 atom stereocenters. The molecular formula is C27H36N2O6S. The summed E-state index contributed by atoms with van der Waals surface area (Å²) < 4.78 is 39.6. The average Bonchev–Trinajstić information content (AvgIpc) is 2.83. The Morgan fingerprint density at radius 2 is 1.53 bits per heavy atom. The first-order valence-corrected chi connectivity index (χ1v) is 13.6. The van der Waals surface area contributed by atoms with Crippen molar-refractivity contribution >= 4 is 22.1 Å². The van der Waals surface area contributed by atoms with E-state index in [1.54, 1.807) is 29.2 Å². The van der Waals surface area contributed by atoms with E-state index in [2.05, 4.69) is 4.72 Å². The molecule has 0 bridgehead atoms. The van der Waals surface area contributed by atoms with Gasteiger partial charge in [-0.1, -0.05) is 58.0 Å². The van der Waals surface area contributed by atoms with Crippen molar-refractivity contribution in [3.8, 4) is 11.5 Å². The molecule has 2 amide bonds. The lowest BCUT2D eigenvalue weighted by atomic mass is 9.72. The number of likely N-dealkylation sites (tertiary alicyclic amines) is 1. The number of methoxy groups -OCH3 is 1. The Bertz CT molecular complexity index is 1190. The summed E-state index contributed by atoms with van der Waals surface area (Å²) in [5.74, 6) is 0.0707. The summed E-state index contributed by atoms with van der Waals surface area (Å²) in [7, 11) is -2.97. The summed E-state index contributed by atoms with van der Waals surface area (Å²) in [5.41, 5.74) is 0.950. The fourth-order valence-corrected chi connectivity index (χ4v) is 5.57. The van der Waals surface area contributed by atoms with Crippen LogP contribution in [0, 0.1) is 0 Å². The van der Waals surface area contributed by atoms with Gasteiger partial charge in [-0.3, -0.25) is 9.59 Å². The van der Waals surface area contributed by atoms with Crippen molar-refractivity contribution in [3.63, 3.8) is 0 Å². The molecule has 0 radical (unpaired) electrons. The smallest absolute Gasteiger partial charge is 0.409 e. The van der Waals surface area contributed by atoms with Crippen LogP contribution in [0.15, 0.2) is 42.5 Å². The summed E-state index contributed by atoms with van der Waals surface area (Å²) in [6.45, 7) is 9.96. The third kappa shape index (κ3) is 5.83. The van der Waals surface area contributed by atoms with E-state index in [-0.39, 0.29) is 36.3 Å². The van der Waals surface area contributed by atoms with Crippen molar-refractivity contribution in [2.75, 3.05) is 20.2 Å². The lowest BCUT2D eigenvalue weighted by molar-refractivity contribution is -0.134. The minimum atomic E-state index is -4.50. The number of carbonyl (C=O) groups excluding carboxylic acids is 2. The first kappa shape index (κ1) is 27.5. The van der Waals surface area contributed by atoms with Crippen LogP contribution >= 0.6 is 0 Å². The first-order valence-electron chi connectivity index (χ1n) is 12.2. The highest BCUT2D eigenvalue weighted by molar-refractivity contribution is 7.85. The topological polar surface area (TPSA) is 102 Å². The molecule has 0 aliphatic carbocycles. The van der Waals surface area contributed by atoms with Crippen LogP contribution in [0.25, 0.3) is 0 Å². The van der Waals surface area contributed by atoms with Gasteiger partial charge in [0.05, 0.1) is 12.5 Å². The Kier molecular flexibility index (Phi) is 8.33. The number of nitrogens with zero attached hydrogens (tertiary/aromatic N) is 1. The van der Waals surface area contributed by atoms with Gasteiger partial charge < -0.3 is 13.8 Å². The molecule has 1 heterocycles. The van der Waals surface area contributed by atoms with Crippen LogP contribution in [0.2, 0.25) is 0 Å². The summed E-state index contributed by atoms with van der Waals surface area (Å²) in [4.78, 5) is 27.3. The lowest BCUT2D eigenvalue weighted by Crippen LogP contribution is -2.54. The maximum Gasteiger partial charge on any atom is 0.409 e. The molecule has 196 valence electrons. The second kappa shape index (κ2) is 10.9. The van der Waals surface area contributed by atoms with Crippen molar-refractivity contribution in [3.05, 3.63) is 59.2 Å². The molecule has 1 saturated heterocycles. The van der Waals surface area contributed by atoms with E-state index in [0.717, 1.165) is 11.1 Å². The zero-order valence-corrected chi connectivity index (χ0v) is 22.6. The molecule has 1 aliphatic heterocycles. The van der Waals surface area contributed by atoms with Gasteiger partial charge in [0.15, 0.2) is 5.75 Å². The Balaban J connectivity index is 1.97. The van der Waals surface area contributed by atoms with E-state index < -0.39 is 21.6 Å². The molecule has 0 spiro atoms. The highest BCUT2D eigenvalue weighted by Crippen LogP contribution is 2.39. The Hall–Kier alpha value is -3.07. The van der Waals surface area contributed by atoms with Crippen LogP contribution in [-0.4, -0.2) is 45.3 Å². The number of ether oxygens (including phenoxy) is 1. The molecule has 2 aromatic carbocycles. The minimum absolute atomic E-state index is 0.0173. The van der Waals surface area contributed by atoms with Gasteiger partial charge in [0.1, 0.15) is 5.75 Å². The second-order valence-corrected chi connectivity index (χ2v) is 11.1. The van der Waals surface area contributed by atoms with E-state index >= 15 is 0 Å². The first-order chi connectivity index (χ1) is 16.9. The Morgan fingerprint density at radius 1 is 0.972 bits per heavy atom. The third-order valence-electron chi connectivity index (χ3n) is 6.85. The molecule has 1 fully saturated rings. The summed E-state index contributed by atoms with van der Waals surface area (Å²) in [5, 5.41) is 0. The summed E-state index contributed by atoms with van der Waals surface area (Å²) in [6.07, 6.45) is 0.530. The van der Waals surface area contributed by atoms with Crippen LogP contribution < -0.4 is 13.6 Å². The molecule has 1 aliphatic rings. The lowest BCUT2D eigenvalue weighted by Gasteiger charge is -2.40. The molecule has 0 unspecified atom stereocenters. The number of piperidine rings is 1. The van der Waals surface area contributed by atoms with Gasteiger partial charge in [0.2, 0.25) is 11.8 Å². The largest absolute Gasteiger partial charge is 0.497 e. The van der Waals surface area contributed by atoms with Gasteiger partial charge in [-0.15, -0.1) is 0 Å². The normalized spacial score (nSPS) is 15.6. The average molecular weight is 517 g/mol. The Labute approximate surface area is 214 Å². The molecule has 36 heavy (non-hydrogen) atoms. The summed E-state index contributed by atoms with van der Waals surface area (Å²) >= 11 is 0. The minimum Gasteiger partial charge on any atom is -0.497 e. The molecule has 0 aromatic heterocycles. The number of rotatable bonds is 8. The fraction of sp³-hybridized carbons (Fsp3) is 0.481. The van der Waals surface area contributed by atoms with Gasteiger partial charge >= 0.3 is 10.3 Å².